The number of ether oxygens (including phenoxy) is 2. The molecular formula is C15H15NO7S. The Morgan fingerprint density at radius 1 is 1.25 bits per heavy atom. The minimum atomic E-state index is -1.26. The van der Waals surface area contributed by atoms with Gasteiger partial charge in [-0.1, -0.05) is 30.0 Å². The minimum absolute atomic E-state index is 0.357. The van der Waals surface area contributed by atoms with Crippen LogP contribution < -0.4 is 4.74 Å². The first-order valence-electron chi connectivity index (χ1n) is 6.95. The summed E-state index contributed by atoms with van der Waals surface area (Å²) in [6.07, 6.45) is -1.26. The zero-order valence-corrected chi connectivity index (χ0v) is 13.5. The van der Waals surface area contributed by atoms with E-state index in [1.807, 2.05) is 0 Å². The number of thioether (sulfide) groups is 1. The van der Waals surface area contributed by atoms with Crippen LogP contribution >= 0.6 is 11.8 Å². The molecule has 128 valence electrons. The first-order chi connectivity index (χ1) is 11.4. The van der Waals surface area contributed by atoms with Crippen molar-refractivity contribution in [3.05, 3.63) is 30.3 Å². The highest BCUT2D eigenvalue weighted by Crippen LogP contribution is 2.32. The lowest BCUT2D eigenvalue weighted by Gasteiger charge is -2.42. The SMILES string of the molecule is CC(=O)SC1C(OC(=O)COc2ccccc2)C(=O)N1C(=O)CO. The summed E-state index contributed by atoms with van der Waals surface area (Å²) in [5, 5.41) is 7.52. The zero-order valence-electron chi connectivity index (χ0n) is 12.7. The predicted molar refractivity (Wildman–Crippen MR) is 82.8 cm³/mol. The third-order valence-corrected chi connectivity index (χ3v) is 4.07. The summed E-state index contributed by atoms with van der Waals surface area (Å²) in [5.41, 5.74) is 0. The second-order valence-corrected chi connectivity index (χ2v) is 6.07. The largest absolute Gasteiger partial charge is 0.482 e. The lowest BCUT2D eigenvalue weighted by Crippen LogP contribution is -2.67. The van der Waals surface area contributed by atoms with Crippen molar-refractivity contribution in [1.29, 1.82) is 0 Å². The Bertz CT molecular complexity index is 648. The Balaban J connectivity index is 1.94. The number of amides is 2. The second-order valence-electron chi connectivity index (χ2n) is 4.77. The molecule has 9 heteroatoms. The van der Waals surface area contributed by atoms with Gasteiger partial charge in [-0.15, -0.1) is 0 Å². The summed E-state index contributed by atoms with van der Waals surface area (Å²) < 4.78 is 10.2. The van der Waals surface area contributed by atoms with Gasteiger partial charge in [0.15, 0.2) is 11.7 Å². The molecule has 8 nitrogen and oxygen atoms in total. The number of hydrogen-bond acceptors (Lipinski definition) is 8. The average Bonchev–Trinajstić information content (AvgIpc) is 2.57. The second kappa shape index (κ2) is 7.93. The van der Waals surface area contributed by atoms with Gasteiger partial charge in [0, 0.05) is 6.92 Å². The molecule has 1 fully saturated rings. The smallest absolute Gasteiger partial charge is 0.345 e. The third kappa shape index (κ3) is 4.12. The van der Waals surface area contributed by atoms with Crippen LogP contribution in [0.4, 0.5) is 0 Å². The molecule has 1 heterocycles. The van der Waals surface area contributed by atoms with Gasteiger partial charge in [0.1, 0.15) is 17.7 Å². The van der Waals surface area contributed by atoms with Gasteiger partial charge in [0.05, 0.1) is 0 Å². The lowest BCUT2D eigenvalue weighted by atomic mass is 10.1. The fourth-order valence-electron chi connectivity index (χ4n) is 2.01. The molecule has 2 rings (SSSR count). The summed E-state index contributed by atoms with van der Waals surface area (Å²) >= 11 is 0.678. The molecule has 2 amide bonds. The van der Waals surface area contributed by atoms with Gasteiger partial charge < -0.3 is 14.6 Å². The molecule has 1 aliphatic heterocycles. The van der Waals surface area contributed by atoms with Crippen LogP contribution in [0, 0.1) is 0 Å². The van der Waals surface area contributed by atoms with E-state index in [9.17, 15) is 19.2 Å². The van der Waals surface area contributed by atoms with Crippen molar-refractivity contribution >= 4 is 34.7 Å². The van der Waals surface area contributed by atoms with Crippen LogP contribution in [-0.2, 0) is 23.9 Å². The Morgan fingerprint density at radius 3 is 2.50 bits per heavy atom. The minimum Gasteiger partial charge on any atom is -0.482 e. The number of esters is 1. The van der Waals surface area contributed by atoms with E-state index in [0.717, 1.165) is 0 Å². The Hall–Kier alpha value is -2.39. The molecule has 0 radical (unpaired) electrons. The highest BCUT2D eigenvalue weighted by molar-refractivity contribution is 8.14. The molecule has 2 atom stereocenters. The van der Waals surface area contributed by atoms with Crippen molar-refractivity contribution in [3.63, 3.8) is 0 Å². The van der Waals surface area contributed by atoms with Gasteiger partial charge in [0.25, 0.3) is 11.8 Å². The number of carbonyl (C=O) groups excluding carboxylic acids is 4. The highest BCUT2D eigenvalue weighted by atomic mass is 32.2. The molecule has 24 heavy (non-hydrogen) atoms. The number of aliphatic hydroxyl groups excluding tert-OH is 1. The van der Waals surface area contributed by atoms with Crippen LogP contribution in [0.25, 0.3) is 0 Å². The Labute approximate surface area is 141 Å². The summed E-state index contributed by atoms with van der Waals surface area (Å²) in [5.74, 6) is -1.98. The van der Waals surface area contributed by atoms with E-state index in [1.54, 1.807) is 30.3 Å². The summed E-state index contributed by atoms with van der Waals surface area (Å²) in [6.45, 7) is -0.0376. The predicted octanol–water partition coefficient (Wildman–Crippen LogP) is -0.0559. The van der Waals surface area contributed by atoms with Gasteiger partial charge in [-0.05, 0) is 12.1 Å². The van der Waals surface area contributed by atoms with Gasteiger partial charge in [-0.2, -0.15) is 0 Å². The van der Waals surface area contributed by atoms with Gasteiger partial charge >= 0.3 is 5.97 Å². The van der Waals surface area contributed by atoms with E-state index in [-0.39, 0.29) is 5.12 Å². The quantitative estimate of drug-likeness (QED) is 0.560. The average molecular weight is 353 g/mol. The fourth-order valence-corrected chi connectivity index (χ4v) is 2.97. The van der Waals surface area contributed by atoms with Gasteiger partial charge in [-0.3, -0.25) is 19.3 Å². The molecule has 0 aromatic heterocycles. The zero-order chi connectivity index (χ0) is 17.7. The van der Waals surface area contributed by atoms with Crippen molar-refractivity contribution in [2.24, 2.45) is 0 Å². The van der Waals surface area contributed by atoms with Crippen LogP contribution in [0.5, 0.6) is 5.75 Å². The first kappa shape index (κ1) is 18.0. The topological polar surface area (TPSA) is 110 Å². The number of imide groups is 1. The van der Waals surface area contributed by atoms with Crippen molar-refractivity contribution in [1.82, 2.24) is 4.90 Å². The maximum Gasteiger partial charge on any atom is 0.345 e. The maximum absolute atomic E-state index is 11.9. The number of nitrogens with zero attached hydrogens (tertiary/aromatic N) is 1. The van der Waals surface area contributed by atoms with Gasteiger partial charge in [-0.25, -0.2) is 4.79 Å². The third-order valence-electron chi connectivity index (χ3n) is 3.04. The Morgan fingerprint density at radius 2 is 1.92 bits per heavy atom. The molecule has 1 aromatic carbocycles. The van der Waals surface area contributed by atoms with Crippen molar-refractivity contribution in [2.75, 3.05) is 13.2 Å². The van der Waals surface area contributed by atoms with E-state index in [0.29, 0.717) is 22.4 Å². The molecule has 0 bridgehead atoms. The number of likely N-dealkylation sites (tertiary alicyclic amines) is 1. The number of rotatable bonds is 6. The van der Waals surface area contributed by atoms with Crippen LogP contribution in [0.15, 0.2) is 30.3 Å². The number of para-hydroxylation sites is 1. The number of benzene rings is 1. The lowest BCUT2D eigenvalue weighted by molar-refractivity contribution is -0.182. The molecule has 0 saturated carbocycles. The fraction of sp³-hybridized carbons (Fsp3) is 0.333. The molecule has 1 aliphatic rings. The first-order valence-corrected chi connectivity index (χ1v) is 7.83. The van der Waals surface area contributed by atoms with Crippen LogP contribution in [0.2, 0.25) is 0 Å². The Kier molecular flexibility index (Phi) is 5.93. The van der Waals surface area contributed by atoms with Crippen molar-refractivity contribution in [2.45, 2.75) is 18.4 Å². The number of β-lactam (4-membered cyclic amide) rings is 1. The number of carbonyl (C=O) groups is 4. The monoisotopic (exact) mass is 353 g/mol. The molecule has 2 unspecified atom stereocenters. The summed E-state index contributed by atoms with van der Waals surface area (Å²) in [4.78, 5) is 47.2. The molecule has 1 saturated heterocycles. The molecule has 0 spiro atoms. The van der Waals surface area contributed by atoms with Crippen LogP contribution in [-0.4, -0.2) is 57.6 Å². The molecule has 0 aliphatic carbocycles. The standard InChI is InChI=1S/C15H15NO7S/c1-9(18)24-15-13(14(21)16(15)11(19)7-17)23-12(20)8-22-10-5-3-2-4-6-10/h2-6,13,15,17H,7-8H2,1H3. The number of aliphatic hydroxyl groups is 1. The van der Waals surface area contributed by atoms with Gasteiger partial charge in [0.2, 0.25) is 6.10 Å². The molecular weight excluding hydrogens is 338 g/mol. The van der Waals surface area contributed by atoms with E-state index in [1.165, 1.54) is 6.92 Å². The maximum atomic E-state index is 11.9. The highest BCUT2D eigenvalue weighted by Gasteiger charge is 2.54. The summed E-state index contributed by atoms with van der Waals surface area (Å²) in [6, 6.07) is 8.55. The molecule has 1 aromatic rings. The van der Waals surface area contributed by atoms with Crippen LogP contribution in [0.3, 0.4) is 0 Å². The summed E-state index contributed by atoms with van der Waals surface area (Å²) in [7, 11) is 0. The van der Waals surface area contributed by atoms with Crippen molar-refractivity contribution < 1.29 is 33.8 Å². The number of hydrogen-bond donors (Lipinski definition) is 1. The normalized spacial score (nSPS) is 19.4. The van der Waals surface area contributed by atoms with E-state index in [4.69, 9.17) is 14.6 Å². The van der Waals surface area contributed by atoms with E-state index in [2.05, 4.69) is 0 Å². The van der Waals surface area contributed by atoms with Crippen molar-refractivity contribution in [3.8, 4) is 5.75 Å². The van der Waals surface area contributed by atoms with E-state index < -0.39 is 42.5 Å². The van der Waals surface area contributed by atoms with Crippen LogP contribution in [0.1, 0.15) is 6.92 Å². The molecule has 1 N–H and O–H groups in total. The van der Waals surface area contributed by atoms with E-state index >= 15 is 0 Å².